The first-order valence-corrected chi connectivity index (χ1v) is 9.49. The van der Waals surface area contributed by atoms with Gasteiger partial charge in [-0.1, -0.05) is 13.8 Å². The largest absolute Gasteiger partial charge is 0.368 e. The first-order chi connectivity index (χ1) is 13.4. The van der Waals surface area contributed by atoms with Gasteiger partial charge in [-0.15, -0.1) is 0 Å². The number of likely N-dealkylation sites (tertiary alicyclic amines) is 1. The summed E-state index contributed by atoms with van der Waals surface area (Å²) in [5, 5.41) is 0. The van der Waals surface area contributed by atoms with Crippen LogP contribution in [0.5, 0.6) is 0 Å². The van der Waals surface area contributed by atoms with Crippen molar-refractivity contribution in [3.05, 3.63) is 47.3 Å². The number of H-pyrrole nitrogens is 1. The van der Waals surface area contributed by atoms with Crippen molar-refractivity contribution in [2.24, 2.45) is 0 Å². The van der Waals surface area contributed by atoms with E-state index in [0.717, 1.165) is 29.9 Å². The summed E-state index contributed by atoms with van der Waals surface area (Å²) < 4.78 is 13.4. The maximum absolute atomic E-state index is 13.4. The quantitative estimate of drug-likeness (QED) is 0.724. The molecular weight excluding hydrogens is 359 g/mol. The second-order valence-corrected chi connectivity index (χ2v) is 7.54. The van der Waals surface area contributed by atoms with E-state index in [2.05, 4.69) is 19.9 Å². The molecule has 3 aromatic rings. The maximum Gasteiger partial charge on any atom is 0.272 e. The molecule has 1 amide bonds. The molecule has 0 bridgehead atoms. The predicted octanol–water partition coefficient (Wildman–Crippen LogP) is 3.22. The van der Waals surface area contributed by atoms with Crippen LogP contribution in [0.3, 0.4) is 0 Å². The van der Waals surface area contributed by atoms with Crippen LogP contribution in [0.4, 0.5) is 10.3 Å². The summed E-state index contributed by atoms with van der Waals surface area (Å²) in [5.41, 5.74) is 8.34. The number of halogens is 1. The lowest BCUT2D eigenvalue weighted by Gasteiger charge is -2.31. The lowest BCUT2D eigenvalue weighted by Crippen LogP contribution is -2.38. The molecule has 0 saturated carbocycles. The molecule has 2 aromatic heterocycles. The summed E-state index contributed by atoms with van der Waals surface area (Å²) in [6.45, 7) is 5.22. The van der Waals surface area contributed by atoms with Gasteiger partial charge in [0, 0.05) is 24.7 Å². The van der Waals surface area contributed by atoms with Crippen LogP contribution in [0.1, 0.15) is 60.5 Å². The molecule has 1 fully saturated rings. The van der Waals surface area contributed by atoms with Crippen molar-refractivity contribution in [1.82, 2.24) is 24.8 Å². The van der Waals surface area contributed by atoms with Crippen LogP contribution < -0.4 is 5.73 Å². The van der Waals surface area contributed by atoms with E-state index >= 15 is 0 Å². The Bertz CT molecular complexity index is 1020. The molecule has 28 heavy (non-hydrogen) atoms. The number of piperidine rings is 1. The molecule has 1 aromatic carbocycles. The van der Waals surface area contributed by atoms with Crippen molar-refractivity contribution in [3.63, 3.8) is 0 Å². The minimum Gasteiger partial charge on any atom is -0.368 e. The molecule has 0 unspecified atom stereocenters. The second-order valence-electron chi connectivity index (χ2n) is 7.54. The first-order valence-electron chi connectivity index (χ1n) is 9.49. The van der Waals surface area contributed by atoms with Gasteiger partial charge < -0.3 is 15.6 Å². The van der Waals surface area contributed by atoms with E-state index in [9.17, 15) is 9.18 Å². The lowest BCUT2D eigenvalue weighted by molar-refractivity contribution is 0.0705. The molecule has 1 aliphatic heterocycles. The number of hydrogen-bond donors (Lipinski definition) is 2. The minimum absolute atomic E-state index is 0.124. The number of nitrogen functional groups attached to an aromatic ring is 1. The Labute approximate surface area is 162 Å². The zero-order valence-corrected chi connectivity index (χ0v) is 15.9. The van der Waals surface area contributed by atoms with E-state index in [-0.39, 0.29) is 29.5 Å². The predicted molar refractivity (Wildman–Crippen MR) is 104 cm³/mol. The Morgan fingerprint density at radius 2 is 1.96 bits per heavy atom. The van der Waals surface area contributed by atoms with Crippen molar-refractivity contribution >= 4 is 22.9 Å². The van der Waals surface area contributed by atoms with Gasteiger partial charge in [0.25, 0.3) is 5.91 Å². The highest BCUT2D eigenvalue weighted by Crippen LogP contribution is 2.28. The number of benzene rings is 1. The molecule has 146 valence electrons. The van der Waals surface area contributed by atoms with Crippen LogP contribution in [0.2, 0.25) is 0 Å². The summed E-state index contributed by atoms with van der Waals surface area (Å²) in [6.07, 6.45) is 1.57. The van der Waals surface area contributed by atoms with E-state index in [1.807, 2.05) is 13.8 Å². The Hall–Kier alpha value is -3.03. The monoisotopic (exact) mass is 382 g/mol. The van der Waals surface area contributed by atoms with Crippen molar-refractivity contribution in [3.8, 4) is 0 Å². The van der Waals surface area contributed by atoms with Crippen LogP contribution >= 0.6 is 0 Å². The molecule has 0 aliphatic carbocycles. The fraction of sp³-hybridized carbons (Fsp3) is 0.400. The van der Waals surface area contributed by atoms with Crippen LogP contribution in [0, 0.1) is 5.82 Å². The van der Waals surface area contributed by atoms with Gasteiger partial charge in [-0.3, -0.25) is 4.79 Å². The molecule has 3 N–H and O–H groups in total. The summed E-state index contributed by atoms with van der Waals surface area (Å²) in [4.78, 5) is 30.8. The smallest absolute Gasteiger partial charge is 0.272 e. The molecule has 0 spiro atoms. The molecule has 0 atom stereocenters. The second kappa shape index (κ2) is 7.18. The minimum atomic E-state index is -0.284. The van der Waals surface area contributed by atoms with E-state index in [4.69, 9.17) is 5.73 Å². The molecule has 8 heteroatoms. The average molecular weight is 382 g/mol. The van der Waals surface area contributed by atoms with Crippen molar-refractivity contribution in [2.45, 2.75) is 38.5 Å². The number of carbonyl (C=O) groups excluding carboxylic acids is 1. The molecule has 1 saturated heterocycles. The molecule has 1 aliphatic rings. The number of nitrogens with one attached hydrogen (secondary N) is 1. The molecule has 3 heterocycles. The number of imidazole rings is 1. The van der Waals surface area contributed by atoms with Gasteiger partial charge in [0.2, 0.25) is 5.95 Å². The van der Waals surface area contributed by atoms with E-state index in [1.54, 1.807) is 17.0 Å². The topological polar surface area (TPSA) is 101 Å². The Morgan fingerprint density at radius 3 is 2.68 bits per heavy atom. The van der Waals surface area contributed by atoms with Gasteiger partial charge in [0.15, 0.2) is 0 Å². The number of amides is 1. The molecule has 0 radical (unpaired) electrons. The summed E-state index contributed by atoms with van der Waals surface area (Å²) in [6, 6.07) is 6.27. The highest BCUT2D eigenvalue weighted by Gasteiger charge is 2.27. The van der Waals surface area contributed by atoms with E-state index in [0.29, 0.717) is 24.3 Å². The van der Waals surface area contributed by atoms with E-state index in [1.165, 1.54) is 12.1 Å². The number of nitrogens with zero attached hydrogens (tertiary/aromatic N) is 4. The van der Waals surface area contributed by atoms with Crippen molar-refractivity contribution in [1.29, 1.82) is 0 Å². The standard InChI is InChI=1S/C20H23FN6O/c1-11(2)15-10-17(26-20(22)25-15)19(28)27-7-5-12(6-8-27)18-23-14-4-3-13(21)9-16(14)24-18/h3-4,9-12H,5-8H2,1-2H3,(H,23,24)(H2,22,25,26). The zero-order valence-electron chi connectivity index (χ0n) is 15.9. The molecule has 7 nitrogen and oxygen atoms in total. The Morgan fingerprint density at radius 1 is 1.21 bits per heavy atom. The third-order valence-electron chi connectivity index (χ3n) is 5.21. The first kappa shape index (κ1) is 18.3. The third kappa shape index (κ3) is 3.54. The number of hydrogen-bond acceptors (Lipinski definition) is 5. The Kier molecular flexibility index (Phi) is 4.70. The number of fused-ring (bicyclic) bond motifs is 1. The van der Waals surface area contributed by atoms with Gasteiger partial charge in [-0.05, 0) is 43.0 Å². The van der Waals surface area contributed by atoms with Gasteiger partial charge in [0.1, 0.15) is 17.3 Å². The number of anilines is 1. The van der Waals surface area contributed by atoms with Gasteiger partial charge in [0.05, 0.1) is 11.0 Å². The SMILES string of the molecule is CC(C)c1cc(C(=O)N2CCC(c3nc4ccc(F)cc4[nH]3)CC2)nc(N)n1. The number of rotatable bonds is 3. The zero-order chi connectivity index (χ0) is 19.8. The van der Waals surface area contributed by atoms with Crippen molar-refractivity contribution < 1.29 is 9.18 Å². The van der Waals surface area contributed by atoms with E-state index < -0.39 is 0 Å². The summed E-state index contributed by atoms with van der Waals surface area (Å²) in [7, 11) is 0. The van der Waals surface area contributed by atoms with Gasteiger partial charge in [-0.2, -0.15) is 0 Å². The summed E-state index contributed by atoms with van der Waals surface area (Å²) in [5.74, 6) is 0.941. The Balaban J connectivity index is 1.47. The average Bonchev–Trinajstić information content (AvgIpc) is 3.10. The van der Waals surface area contributed by atoms with Crippen molar-refractivity contribution in [2.75, 3.05) is 18.8 Å². The summed E-state index contributed by atoms with van der Waals surface area (Å²) >= 11 is 0. The highest BCUT2D eigenvalue weighted by molar-refractivity contribution is 5.92. The van der Waals surface area contributed by atoms with Crippen LogP contribution in [0.15, 0.2) is 24.3 Å². The maximum atomic E-state index is 13.4. The number of carbonyl (C=O) groups is 1. The third-order valence-corrected chi connectivity index (χ3v) is 5.21. The normalized spacial score (nSPS) is 15.5. The fourth-order valence-electron chi connectivity index (χ4n) is 3.60. The highest BCUT2D eigenvalue weighted by atomic mass is 19.1. The van der Waals surface area contributed by atoms with Gasteiger partial charge >= 0.3 is 0 Å². The van der Waals surface area contributed by atoms with Crippen LogP contribution in [-0.4, -0.2) is 43.8 Å². The number of aromatic nitrogens is 4. The number of aromatic amines is 1. The van der Waals surface area contributed by atoms with Crippen LogP contribution in [0.25, 0.3) is 11.0 Å². The van der Waals surface area contributed by atoms with Crippen LogP contribution in [-0.2, 0) is 0 Å². The lowest BCUT2D eigenvalue weighted by atomic mass is 9.96. The number of nitrogens with two attached hydrogens (primary N) is 1. The van der Waals surface area contributed by atoms with Gasteiger partial charge in [-0.25, -0.2) is 19.3 Å². The molecular formula is C20H23FN6O. The molecule has 4 rings (SSSR count). The fourth-order valence-corrected chi connectivity index (χ4v) is 3.60.